The van der Waals surface area contributed by atoms with Crippen LogP contribution in [-0.4, -0.2) is 46.6 Å². The number of carbonyl (C=O) groups is 2. The van der Waals surface area contributed by atoms with Crippen molar-refractivity contribution >= 4 is 20.3 Å². The van der Waals surface area contributed by atoms with Gasteiger partial charge in [-0.3, -0.25) is 4.79 Å². The Morgan fingerprint density at radius 3 is 2.00 bits per heavy atom. The average molecular weight is 275 g/mol. The van der Waals surface area contributed by atoms with Crippen LogP contribution in [0.25, 0.3) is 10.4 Å². The van der Waals surface area contributed by atoms with Crippen LogP contribution in [0.2, 0.25) is 19.6 Å². The molecule has 0 fully saturated rings. The molecule has 0 aromatic carbocycles. The fourth-order valence-corrected chi connectivity index (χ4v) is 2.13. The molecule has 0 aliphatic rings. The molecular weight excluding hydrogens is 258 g/mol. The van der Waals surface area contributed by atoms with E-state index in [0.717, 1.165) is 14.2 Å². The number of rotatable bonds is 6. The maximum Gasteiger partial charge on any atom is 0.334 e. The van der Waals surface area contributed by atoms with Crippen molar-refractivity contribution in [3.8, 4) is 0 Å². The highest BCUT2D eigenvalue weighted by Crippen LogP contribution is 2.15. The molecule has 0 aliphatic heterocycles. The highest BCUT2D eigenvalue weighted by molar-refractivity contribution is 6.69. The number of nitrogens with zero attached hydrogens (tertiary/aromatic N) is 3. The molecule has 0 N–H and O–H groups in total. The summed E-state index contributed by atoms with van der Waals surface area (Å²) in [6.07, 6.45) is -1.29. The van der Waals surface area contributed by atoms with Gasteiger partial charge in [-0.1, -0.05) is 5.11 Å². The Morgan fingerprint density at radius 2 is 1.67 bits per heavy atom. The molecule has 0 saturated carbocycles. The smallest absolute Gasteiger partial charge is 0.334 e. The van der Waals surface area contributed by atoms with E-state index in [9.17, 15) is 9.59 Å². The van der Waals surface area contributed by atoms with E-state index in [0.29, 0.717) is 0 Å². The van der Waals surface area contributed by atoms with Crippen molar-refractivity contribution in [2.45, 2.75) is 31.8 Å². The normalized spacial score (nSPS) is 14.1. The van der Waals surface area contributed by atoms with Crippen LogP contribution in [0, 0.1) is 0 Å². The predicted octanol–water partition coefficient (Wildman–Crippen LogP) is 1.23. The first-order valence-corrected chi connectivity index (χ1v) is 8.55. The van der Waals surface area contributed by atoms with E-state index >= 15 is 0 Å². The molecule has 0 rings (SSSR count). The lowest BCUT2D eigenvalue weighted by Gasteiger charge is -2.27. The zero-order valence-electron chi connectivity index (χ0n) is 11.0. The number of hydrogen-bond donors (Lipinski definition) is 0. The highest BCUT2D eigenvalue weighted by atomic mass is 28.4. The summed E-state index contributed by atoms with van der Waals surface area (Å²) in [7, 11) is 0.148. The van der Waals surface area contributed by atoms with Gasteiger partial charge < -0.3 is 13.9 Å². The first kappa shape index (κ1) is 16.4. The minimum atomic E-state index is -2.14. The summed E-state index contributed by atoms with van der Waals surface area (Å²) in [5.41, 5.74) is 8.44. The summed E-state index contributed by atoms with van der Waals surface area (Å²) in [5.74, 6) is -1.62. The molecule has 0 amide bonds. The molecule has 2 unspecified atom stereocenters. The molecule has 0 spiro atoms. The Labute approximate surface area is 106 Å². The van der Waals surface area contributed by atoms with Gasteiger partial charge in [0.2, 0.25) is 0 Å². The minimum absolute atomic E-state index is 0.778. The fraction of sp³-hybridized carbons (Fsp3) is 0.778. The molecule has 0 aromatic rings. The van der Waals surface area contributed by atoms with E-state index in [-0.39, 0.29) is 0 Å². The van der Waals surface area contributed by atoms with E-state index in [4.69, 9.17) is 9.96 Å². The van der Waals surface area contributed by atoms with E-state index in [2.05, 4.69) is 19.5 Å². The van der Waals surface area contributed by atoms with E-state index in [1.165, 1.54) is 0 Å². The SMILES string of the molecule is COC(=O)C(N=[N+]=[N-])C(O[Si](C)(C)C)C(=O)OC. The standard InChI is InChI=1S/C9H17N3O5Si/c1-15-8(13)6(11-12-10)7(9(14)16-2)17-18(3,4)5/h6-7H,1-5H3. The molecule has 0 aromatic heterocycles. The van der Waals surface area contributed by atoms with Gasteiger partial charge in [0.25, 0.3) is 0 Å². The molecule has 0 aliphatic carbocycles. The molecule has 0 radical (unpaired) electrons. The van der Waals surface area contributed by atoms with E-state index in [1.807, 2.05) is 19.6 Å². The third-order valence-corrected chi connectivity index (χ3v) is 2.78. The number of esters is 2. The molecule has 2 atom stereocenters. The number of ether oxygens (including phenoxy) is 2. The monoisotopic (exact) mass is 275 g/mol. The van der Waals surface area contributed by atoms with Gasteiger partial charge in [0.05, 0.1) is 14.2 Å². The summed E-state index contributed by atoms with van der Waals surface area (Å²) < 4.78 is 14.6. The second-order valence-electron chi connectivity index (χ2n) is 4.35. The third-order valence-electron chi connectivity index (χ3n) is 1.82. The number of hydrogen-bond acceptors (Lipinski definition) is 6. The zero-order valence-corrected chi connectivity index (χ0v) is 12.0. The summed E-state index contributed by atoms with van der Waals surface area (Å²) in [6, 6.07) is -1.39. The van der Waals surface area contributed by atoms with Gasteiger partial charge in [0.1, 0.15) is 0 Å². The average Bonchev–Trinajstić information content (AvgIpc) is 2.30. The van der Waals surface area contributed by atoms with Crippen molar-refractivity contribution in [1.82, 2.24) is 0 Å². The van der Waals surface area contributed by atoms with Crippen LogP contribution >= 0.6 is 0 Å². The third kappa shape index (κ3) is 5.17. The summed E-state index contributed by atoms with van der Waals surface area (Å²) >= 11 is 0. The molecule has 18 heavy (non-hydrogen) atoms. The van der Waals surface area contributed by atoms with Gasteiger partial charge in [-0.05, 0) is 25.2 Å². The van der Waals surface area contributed by atoms with Gasteiger partial charge in [0.15, 0.2) is 20.5 Å². The van der Waals surface area contributed by atoms with Gasteiger partial charge >= 0.3 is 11.9 Å². The van der Waals surface area contributed by atoms with Crippen LogP contribution in [0.3, 0.4) is 0 Å². The molecule has 102 valence electrons. The Hall–Kier alpha value is -1.57. The zero-order chi connectivity index (χ0) is 14.3. The topological polar surface area (TPSA) is 111 Å². The maximum absolute atomic E-state index is 11.6. The van der Waals surface area contributed by atoms with Crippen molar-refractivity contribution in [2.24, 2.45) is 5.11 Å². The summed E-state index contributed by atoms with van der Waals surface area (Å²) in [5, 5.41) is 3.25. The Bertz CT molecular complexity index is 362. The predicted molar refractivity (Wildman–Crippen MR) is 65.2 cm³/mol. The Kier molecular flexibility index (Phi) is 6.38. The van der Waals surface area contributed by atoms with Crippen LogP contribution in [-0.2, 0) is 23.5 Å². The molecular formula is C9H17N3O5Si. The lowest BCUT2D eigenvalue weighted by atomic mass is 10.2. The molecule has 0 saturated heterocycles. The quantitative estimate of drug-likeness (QED) is 0.238. The second-order valence-corrected chi connectivity index (χ2v) is 8.81. The summed E-state index contributed by atoms with van der Waals surface area (Å²) in [6.45, 7) is 5.48. The van der Waals surface area contributed by atoms with Gasteiger partial charge in [-0.25, -0.2) is 4.79 Å². The van der Waals surface area contributed by atoms with E-state index < -0.39 is 32.4 Å². The number of azide groups is 1. The van der Waals surface area contributed by atoms with Crippen molar-refractivity contribution in [1.29, 1.82) is 0 Å². The van der Waals surface area contributed by atoms with Crippen molar-refractivity contribution in [2.75, 3.05) is 14.2 Å². The first-order valence-electron chi connectivity index (χ1n) is 5.14. The fourth-order valence-electron chi connectivity index (χ4n) is 1.15. The molecule has 0 heterocycles. The molecule has 9 heteroatoms. The van der Waals surface area contributed by atoms with Crippen LogP contribution in [0.15, 0.2) is 5.11 Å². The van der Waals surface area contributed by atoms with Gasteiger partial charge in [-0.15, -0.1) is 0 Å². The van der Waals surface area contributed by atoms with Crippen LogP contribution < -0.4 is 0 Å². The van der Waals surface area contributed by atoms with Gasteiger partial charge in [-0.2, -0.15) is 0 Å². The first-order chi connectivity index (χ1) is 8.26. The maximum atomic E-state index is 11.6. The lowest BCUT2D eigenvalue weighted by Crippen LogP contribution is -2.47. The van der Waals surface area contributed by atoms with Crippen LogP contribution in [0.5, 0.6) is 0 Å². The van der Waals surface area contributed by atoms with Crippen molar-refractivity contribution in [3.05, 3.63) is 10.4 Å². The minimum Gasteiger partial charge on any atom is -0.469 e. The lowest BCUT2D eigenvalue weighted by molar-refractivity contribution is -0.157. The molecule has 8 nitrogen and oxygen atoms in total. The van der Waals surface area contributed by atoms with Crippen LogP contribution in [0.4, 0.5) is 0 Å². The number of methoxy groups -OCH3 is 2. The Balaban J connectivity index is 5.29. The second kappa shape index (κ2) is 6.99. The Morgan fingerprint density at radius 1 is 1.17 bits per heavy atom. The number of carbonyl (C=O) groups excluding carboxylic acids is 2. The highest BCUT2D eigenvalue weighted by Gasteiger charge is 2.38. The molecule has 0 bridgehead atoms. The van der Waals surface area contributed by atoms with Crippen molar-refractivity contribution < 1.29 is 23.5 Å². The van der Waals surface area contributed by atoms with Crippen molar-refractivity contribution in [3.63, 3.8) is 0 Å². The summed E-state index contributed by atoms with van der Waals surface area (Å²) in [4.78, 5) is 25.6. The van der Waals surface area contributed by atoms with Gasteiger partial charge in [0, 0.05) is 4.91 Å². The van der Waals surface area contributed by atoms with E-state index in [1.54, 1.807) is 0 Å². The largest absolute Gasteiger partial charge is 0.469 e. The van der Waals surface area contributed by atoms with Crippen LogP contribution in [0.1, 0.15) is 0 Å².